The molecule has 0 amide bonds. The molecule has 0 aliphatic heterocycles. The second-order valence-electron chi connectivity index (χ2n) is 27.4. The van der Waals surface area contributed by atoms with Gasteiger partial charge in [0.25, 0.3) is 0 Å². The van der Waals surface area contributed by atoms with Crippen molar-refractivity contribution in [2.45, 2.75) is 199 Å². The Kier molecular flexibility index (Phi) is 28.8. The number of carbonyl (C=O) groups is 3. The molecule has 0 atom stereocenters. The van der Waals surface area contributed by atoms with Crippen molar-refractivity contribution in [2.24, 2.45) is 0 Å². The standard InChI is InChI=1S/C30H40O.C28H40O3.C20H24O4/c1-10-22(2)12-11-13-23(3)25-18-27(30(7,8)9)20-28(19-25)31-21-24-14-16-26(17-15-24)29(4,5)6;1-10-11-12-16-31-26-23(27(4,5)6)18-22(19-24(26)28(7,8)9)21(3)15-13-14-20(2)17-25(29)30;1-13(9-18(21)22)7-6-8-14(2)15-10-16(19(23)24)12-17(11-15)20(3,4)5/h10-20H,21H2,1-9H3;10,13-15,17-19H,1,11-12,16H2,2-9H3,(H,29,30);6-12H,1-5H3,(H,21,22)(H,23,24)/b12-11+,22-10+,23-13+;14-13+,20-17+,21-15+;7-6+,13-9+,14-8+. The molecule has 0 heterocycles. The number of rotatable bonds is 20. The number of aliphatic carboxylic acids is 2. The first-order valence-electron chi connectivity index (χ1n) is 29.9. The van der Waals surface area contributed by atoms with Crippen LogP contribution < -0.4 is 9.47 Å². The number of carboxylic acids is 3. The number of carboxylic acid groups (broad SMARTS) is 3. The summed E-state index contributed by atoms with van der Waals surface area (Å²) in [6, 6.07) is 25.2. The van der Waals surface area contributed by atoms with Crippen LogP contribution in [0.25, 0.3) is 16.7 Å². The van der Waals surface area contributed by atoms with Crippen LogP contribution in [0.2, 0.25) is 0 Å². The molecule has 0 aromatic heterocycles. The molecule has 4 rings (SSSR count). The molecule has 0 fully saturated rings. The lowest BCUT2D eigenvalue weighted by Crippen LogP contribution is -2.20. The van der Waals surface area contributed by atoms with Gasteiger partial charge in [-0.05, 0) is 192 Å². The van der Waals surface area contributed by atoms with Gasteiger partial charge in [0, 0.05) is 23.3 Å². The maximum absolute atomic E-state index is 11.4. The number of hydrogen-bond donors (Lipinski definition) is 3. The lowest BCUT2D eigenvalue weighted by molar-refractivity contribution is -0.132. The Hall–Kier alpha value is -7.71. The molecule has 0 bridgehead atoms. The number of ether oxygens (including phenoxy) is 2. The number of hydrogen-bond acceptors (Lipinski definition) is 5. The van der Waals surface area contributed by atoms with Gasteiger partial charge in [0.05, 0.1) is 12.2 Å². The van der Waals surface area contributed by atoms with Crippen molar-refractivity contribution in [2.75, 3.05) is 6.61 Å². The van der Waals surface area contributed by atoms with E-state index >= 15 is 0 Å². The van der Waals surface area contributed by atoms with Gasteiger partial charge < -0.3 is 24.8 Å². The molecule has 3 N–H and O–H groups in total. The molecule has 464 valence electrons. The van der Waals surface area contributed by atoms with Crippen molar-refractivity contribution in [1.82, 2.24) is 0 Å². The normalized spacial score (nSPS) is 13.6. The van der Waals surface area contributed by atoms with Gasteiger partial charge in [0.2, 0.25) is 0 Å². The summed E-state index contributed by atoms with van der Waals surface area (Å²) in [6.45, 7) is 51.7. The third-order valence-electron chi connectivity index (χ3n) is 14.2. The summed E-state index contributed by atoms with van der Waals surface area (Å²) >= 11 is 0. The van der Waals surface area contributed by atoms with Crippen LogP contribution in [0.15, 0.2) is 175 Å². The molecule has 0 spiro atoms. The highest BCUT2D eigenvalue weighted by atomic mass is 16.5. The summed E-state index contributed by atoms with van der Waals surface area (Å²) in [5.74, 6) is -0.955. The molecular weight excluding hydrogens is 1060 g/mol. The fourth-order valence-corrected chi connectivity index (χ4v) is 8.45. The van der Waals surface area contributed by atoms with E-state index < -0.39 is 17.9 Å². The van der Waals surface area contributed by atoms with Crippen LogP contribution in [0, 0.1) is 0 Å². The van der Waals surface area contributed by atoms with Crippen LogP contribution in [0.3, 0.4) is 0 Å². The van der Waals surface area contributed by atoms with E-state index in [1.165, 1.54) is 50.6 Å². The van der Waals surface area contributed by atoms with Gasteiger partial charge in [0.1, 0.15) is 18.1 Å². The van der Waals surface area contributed by atoms with Gasteiger partial charge in [-0.2, -0.15) is 0 Å². The van der Waals surface area contributed by atoms with Gasteiger partial charge in [-0.15, -0.1) is 6.58 Å². The fraction of sp³-hybridized carbons (Fsp3) is 0.397. The zero-order valence-electron chi connectivity index (χ0n) is 56.4. The summed E-state index contributed by atoms with van der Waals surface area (Å²) in [5, 5.41) is 26.9. The van der Waals surface area contributed by atoms with Gasteiger partial charge in [0.15, 0.2) is 0 Å². The molecule has 8 heteroatoms. The third kappa shape index (κ3) is 26.7. The predicted molar refractivity (Wildman–Crippen MR) is 366 cm³/mol. The Morgan fingerprint density at radius 1 is 0.477 bits per heavy atom. The zero-order valence-corrected chi connectivity index (χ0v) is 56.4. The van der Waals surface area contributed by atoms with Crippen molar-refractivity contribution >= 4 is 34.6 Å². The third-order valence-corrected chi connectivity index (χ3v) is 14.2. The maximum atomic E-state index is 11.4. The van der Waals surface area contributed by atoms with Crippen LogP contribution in [0.1, 0.15) is 226 Å². The molecule has 0 saturated heterocycles. The Labute approximate surface area is 519 Å². The molecule has 0 aliphatic rings. The summed E-state index contributed by atoms with van der Waals surface area (Å²) in [5.41, 5.74) is 16.4. The van der Waals surface area contributed by atoms with Crippen molar-refractivity contribution in [3.05, 3.63) is 231 Å². The number of benzene rings is 4. The van der Waals surface area contributed by atoms with Gasteiger partial charge in [-0.1, -0.05) is 213 Å². The monoisotopic (exact) mass is 1170 g/mol. The van der Waals surface area contributed by atoms with Crippen molar-refractivity contribution in [1.29, 1.82) is 0 Å². The number of unbranched alkanes of at least 4 members (excludes halogenated alkanes) is 1. The SMILES string of the molecule is C/C=C(C)/C=C/C=C(\C)c1cc(OCc2ccc(C(C)(C)C)cc2)cc(C(C)(C)C)c1.C=CCCCOc1c(C(C)(C)C)cc(/C(C)=C/C=C/C(C)=C/C(=O)O)cc1C(C)(C)C.CC(/C=C/C=C(\C)c1cc(C(=O)O)cc(C(C)(C)C)c1)=C\C(=O)O. The Morgan fingerprint density at radius 3 is 1.26 bits per heavy atom. The minimum absolute atomic E-state index is 0.0557. The maximum Gasteiger partial charge on any atom is 0.335 e. The average molecular weight is 1170 g/mol. The molecule has 0 saturated carbocycles. The van der Waals surface area contributed by atoms with E-state index in [1.54, 1.807) is 38.1 Å². The fourth-order valence-electron chi connectivity index (χ4n) is 8.45. The highest BCUT2D eigenvalue weighted by molar-refractivity contribution is 5.89. The Bertz CT molecular complexity index is 3210. The molecule has 86 heavy (non-hydrogen) atoms. The summed E-state index contributed by atoms with van der Waals surface area (Å²) in [7, 11) is 0. The molecular formula is C78H104O8. The largest absolute Gasteiger partial charge is 0.493 e. The summed E-state index contributed by atoms with van der Waals surface area (Å²) in [6.07, 6.45) is 25.7. The molecule has 0 radical (unpaired) electrons. The quantitative estimate of drug-likeness (QED) is 0.0345. The lowest BCUT2D eigenvalue weighted by atomic mass is 9.77. The minimum Gasteiger partial charge on any atom is -0.493 e. The highest BCUT2D eigenvalue weighted by Crippen LogP contribution is 2.42. The second kappa shape index (κ2) is 33.3. The van der Waals surface area contributed by atoms with Crippen LogP contribution in [0.5, 0.6) is 11.5 Å². The summed E-state index contributed by atoms with van der Waals surface area (Å²) in [4.78, 5) is 32.7. The van der Waals surface area contributed by atoms with Crippen LogP contribution >= 0.6 is 0 Å². The first kappa shape index (κ1) is 74.4. The summed E-state index contributed by atoms with van der Waals surface area (Å²) < 4.78 is 12.6. The van der Waals surface area contributed by atoms with Crippen LogP contribution in [0.4, 0.5) is 0 Å². The van der Waals surface area contributed by atoms with E-state index in [4.69, 9.17) is 19.7 Å². The minimum atomic E-state index is -0.984. The first-order valence-corrected chi connectivity index (χ1v) is 29.9. The predicted octanol–water partition coefficient (Wildman–Crippen LogP) is 21.1. The molecule has 4 aromatic rings. The van der Waals surface area contributed by atoms with E-state index in [9.17, 15) is 19.5 Å². The van der Waals surface area contributed by atoms with Crippen LogP contribution in [-0.4, -0.2) is 39.8 Å². The van der Waals surface area contributed by atoms with Gasteiger partial charge >= 0.3 is 17.9 Å². The van der Waals surface area contributed by atoms with E-state index in [0.29, 0.717) is 24.4 Å². The van der Waals surface area contributed by atoms with Crippen molar-refractivity contribution in [3.8, 4) is 11.5 Å². The van der Waals surface area contributed by atoms with E-state index in [-0.39, 0.29) is 32.6 Å². The van der Waals surface area contributed by atoms with Gasteiger partial charge in [-0.3, -0.25) is 0 Å². The lowest BCUT2D eigenvalue weighted by Gasteiger charge is -2.31. The van der Waals surface area contributed by atoms with E-state index in [2.05, 4.69) is 196 Å². The molecule has 4 aromatic carbocycles. The van der Waals surface area contributed by atoms with E-state index in [1.807, 2.05) is 64.1 Å². The zero-order chi connectivity index (χ0) is 65.5. The smallest absolute Gasteiger partial charge is 0.335 e. The van der Waals surface area contributed by atoms with E-state index in [0.717, 1.165) is 58.3 Å². The second-order valence-corrected chi connectivity index (χ2v) is 27.4. The molecule has 0 aliphatic carbocycles. The Balaban J connectivity index is 0.000000444. The number of allylic oxidation sites excluding steroid dienone is 17. The molecule has 8 nitrogen and oxygen atoms in total. The van der Waals surface area contributed by atoms with Crippen LogP contribution in [-0.2, 0) is 43.3 Å². The first-order chi connectivity index (χ1) is 39.7. The molecule has 0 unspecified atom stereocenters. The topological polar surface area (TPSA) is 130 Å². The van der Waals surface area contributed by atoms with Gasteiger partial charge in [-0.25, -0.2) is 14.4 Å². The number of aromatic carboxylic acids is 1. The average Bonchev–Trinajstić information content (AvgIpc) is 0.878. The highest BCUT2D eigenvalue weighted by Gasteiger charge is 2.28. The van der Waals surface area contributed by atoms with Crippen molar-refractivity contribution in [3.63, 3.8) is 0 Å². The van der Waals surface area contributed by atoms with Crippen molar-refractivity contribution < 1.29 is 39.2 Å². The Morgan fingerprint density at radius 2 is 0.872 bits per heavy atom.